The Balaban J connectivity index is 2.04. The van der Waals surface area contributed by atoms with Gasteiger partial charge in [-0.1, -0.05) is 0 Å². The molecular weight excluding hydrogens is 236 g/mol. The van der Waals surface area contributed by atoms with Crippen molar-refractivity contribution in [3.8, 4) is 0 Å². The first-order valence-electron chi connectivity index (χ1n) is 5.54. The summed E-state index contributed by atoms with van der Waals surface area (Å²) in [6.45, 7) is 0. The highest BCUT2D eigenvalue weighted by Gasteiger charge is 2.32. The molecule has 1 aromatic rings. The Hall–Kier alpha value is -2.31. The second-order valence-electron chi connectivity index (χ2n) is 4.20. The first kappa shape index (κ1) is 12.2. The molecular formula is C11H14N4O3. The monoisotopic (exact) mass is 250 g/mol. The number of carbonyl (C=O) groups is 3. The molecule has 7 nitrogen and oxygen atoms in total. The number of hydrogen-bond donors (Lipinski definition) is 3. The van der Waals surface area contributed by atoms with E-state index in [1.165, 1.54) is 19.3 Å². The molecule has 1 aliphatic rings. The van der Waals surface area contributed by atoms with E-state index in [-0.39, 0.29) is 18.2 Å². The number of rotatable bonds is 2. The van der Waals surface area contributed by atoms with E-state index in [0.29, 0.717) is 17.8 Å². The molecule has 2 heterocycles. The van der Waals surface area contributed by atoms with Crippen molar-refractivity contribution >= 4 is 23.4 Å². The number of hydrogen-bond acceptors (Lipinski definition) is 4. The normalized spacial score (nSPS) is 20.1. The van der Waals surface area contributed by atoms with Crippen LogP contribution in [0.2, 0.25) is 0 Å². The molecule has 0 aliphatic carbocycles. The number of nitrogen functional groups attached to an aromatic ring is 1. The smallest absolute Gasteiger partial charge is 0.268 e. The zero-order valence-electron chi connectivity index (χ0n) is 9.90. The summed E-state index contributed by atoms with van der Waals surface area (Å²) in [5.41, 5.74) is 6.22. The lowest BCUT2D eigenvalue weighted by Gasteiger charge is -2.27. The van der Waals surface area contributed by atoms with E-state index >= 15 is 0 Å². The third-order valence-corrected chi connectivity index (χ3v) is 2.90. The number of H-pyrrole nitrogens is 1. The van der Waals surface area contributed by atoms with Crippen molar-refractivity contribution < 1.29 is 14.4 Å². The fourth-order valence-electron chi connectivity index (χ4n) is 1.83. The summed E-state index contributed by atoms with van der Waals surface area (Å²) >= 11 is 0. The quantitative estimate of drug-likeness (QED) is 0.613. The van der Waals surface area contributed by atoms with E-state index in [2.05, 4.69) is 10.3 Å². The third-order valence-electron chi connectivity index (χ3n) is 2.90. The topological polar surface area (TPSA) is 108 Å². The fourth-order valence-corrected chi connectivity index (χ4v) is 1.83. The maximum Gasteiger partial charge on any atom is 0.268 e. The van der Waals surface area contributed by atoms with Crippen molar-refractivity contribution in [2.24, 2.45) is 0 Å². The van der Waals surface area contributed by atoms with Crippen LogP contribution in [0.4, 0.5) is 5.69 Å². The minimum atomic E-state index is -0.662. The Kier molecular flexibility index (Phi) is 3.05. The average Bonchev–Trinajstić information content (AvgIpc) is 2.77. The number of nitrogens with two attached hydrogens (primary N) is 1. The molecule has 1 saturated heterocycles. The number of nitrogens with one attached hydrogen (secondary N) is 2. The summed E-state index contributed by atoms with van der Waals surface area (Å²) in [5, 5.41) is 2.58. The molecule has 2 rings (SSSR count). The van der Waals surface area contributed by atoms with Crippen LogP contribution < -0.4 is 11.1 Å². The van der Waals surface area contributed by atoms with E-state index in [1.54, 1.807) is 0 Å². The molecule has 96 valence electrons. The molecule has 1 aromatic heterocycles. The van der Waals surface area contributed by atoms with Gasteiger partial charge in [0.25, 0.3) is 11.8 Å². The number of nitrogens with zero attached hydrogens (tertiary/aromatic N) is 1. The number of likely N-dealkylation sites (tertiary alicyclic amines) is 1. The lowest BCUT2D eigenvalue weighted by molar-refractivity contribution is -0.147. The molecule has 0 spiro atoms. The van der Waals surface area contributed by atoms with Gasteiger partial charge >= 0.3 is 0 Å². The molecule has 1 atom stereocenters. The van der Waals surface area contributed by atoms with E-state index in [9.17, 15) is 14.4 Å². The maximum absolute atomic E-state index is 11.8. The number of piperidine rings is 1. The number of amides is 3. The molecule has 1 fully saturated rings. The van der Waals surface area contributed by atoms with Crippen LogP contribution in [-0.2, 0) is 9.59 Å². The van der Waals surface area contributed by atoms with Crippen molar-refractivity contribution in [2.45, 2.75) is 18.9 Å². The van der Waals surface area contributed by atoms with Crippen molar-refractivity contribution in [3.05, 3.63) is 18.0 Å². The molecule has 4 N–H and O–H groups in total. The van der Waals surface area contributed by atoms with E-state index in [4.69, 9.17) is 5.73 Å². The van der Waals surface area contributed by atoms with Crippen molar-refractivity contribution in [1.29, 1.82) is 0 Å². The molecule has 0 radical (unpaired) electrons. The van der Waals surface area contributed by atoms with Gasteiger partial charge in [0, 0.05) is 25.4 Å². The second kappa shape index (κ2) is 4.52. The summed E-state index contributed by atoms with van der Waals surface area (Å²) < 4.78 is 0. The highest BCUT2D eigenvalue weighted by Crippen LogP contribution is 2.12. The van der Waals surface area contributed by atoms with Crippen molar-refractivity contribution in [3.63, 3.8) is 0 Å². The van der Waals surface area contributed by atoms with Gasteiger partial charge in [0.05, 0.1) is 0 Å². The van der Waals surface area contributed by atoms with Crippen molar-refractivity contribution in [1.82, 2.24) is 15.2 Å². The van der Waals surface area contributed by atoms with E-state index < -0.39 is 11.9 Å². The zero-order chi connectivity index (χ0) is 13.3. The predicted molar refractivity (Wildman–Crippen MR) is 63.5 cm³/mol. The predicted octanol–water partition coefficient (Wildman–Crippen LogP) is -0.526. The van der Waals surface area contributed by atoms with E-state index in [0.717, 1.165) is 4.90 Å². The first-order chi connectivity index (χ1) is 8.49. The summed E-state index contributed by atoms with van der Waals surface area (Å²) in [6, 6.07) is 0.821. The minimum Gasteiger partial charge on any atom is -0.397 e. The number of imide groups is 1. The second-order valence-corrected chi connectivity index (χ2v) is 4.20. The summed E-state index contributed by atoms with van der Waals surface area (Å²) in [5.74, 6) is -1.03. The molecule has 7 heteroatoms. The highest BCUT2D eigenvalue weighted by molar-refractivity contribution is 6.03. The Morgan fingerprint density at radius 3 is 2.89 bits per heavy atom. The Labute approximate surface area is 103 Å². The molecule has 0 saturated carbocycles. The van der Waals surface area contributed by atoms with E-state index in [1.807, 2.05) is 0 Å². The van der Waals surface area contributed by atoms with Crippen LogP contribution in [0.1, 0.15) is 23.3 Å². The third kappa shape index (κ3) is 2.20. The molecule has 3 amide bonds. The van der Waals surface area contributed by atoms with Gasteiger partial charge in [-0.3, -0.25) is 19.3 Å². The Morgan fingerprint density at radius 2 is 2.28 bits per heavy atom. The highest BCUT2D eigenvalue weighted by atomic mass is 16.2. The Bertz CT molecular complexity index is 508. The van der Waals surface area contributed by atoms with Crippen LogP contribution in [0.3, 0.4) is 0 Å². The van der Waals surface area contributed by atoms with Crippen molar-refractivity contribution in [2.75, 3.05) is 12.8 Å². The largest absolute Gasteiger partial charge is 0.397 e. The van der Waals surface area contributed by atoms with Gasteiger partial charge < -0.3 is 16.0 Å². The van der Waals surface area contributed by atoms with Gasteiger partial charge in [0.2, 0.25) is 5.91 Å². The summed E-state index contributed by atoms with van der Waals surface area (Å²) in [7, 11) is 1.41. The molecule has 18 heavy (non-hydrogen) atoms. The van der Waals surface area contributed by atoms with Gasteiger partial charge in [-0.25, -0.2) is 0 Å². The van der Waals surface area contributed by atoms with Crippen LogP contribution >= 0.6 is 0 Å². The molecule has 1 aliphatic heterocycles. The van der Waals surface area contributed by atoms with Gasteiger partial charge in [0.1, 0.15) is 11.7 Å². The van der Waals surface area contributed by atoms with Gasteiger partial charge in [-0.05, 0) is 12.5 Å². The molecule has 0 bridgehead atoms. The van der Waals surface area contributed by atoms with Crippen LogP contribution in [0.5, 0.6) is 0 Å². The number of likely N-dealkylation sites (N-methyl/N-ethyl adjacent to an activating group) is 1. The summed E-state index contributed by atoms with van der Waals surface area (Å²) in [4.78, 5) is 38.6. The number of aromatic amines is 1. The Morgan fingerprint density at radius 1 is 1.56 bits per heavy atom. The van der Waals surface area contributed by atoms with Gasteiger partial charge in [0.15, 0.2) is 0 Å². The maximum atomic E-state index is 11.8. The van der Waals surface area contributed by atoms with Gasteiger partial charge in [-0.15, -0.1) is 0 Å². The average molecular weight is 250 g/mol. The lowest BCUT2D eigenvalue weighted by atomic mass is 10.0. The SMILES string of the molecule is CN1C(=O)CCC(NC(=O)c2cc(N)c[nH]2)C1=O. The standard InChI is InChI=1S/C11H14N4O3/c1-15-9(16)3-2-7(11(15)18)14-10(17)8-4-6(12)5-13-8/h4-5,7,13H,2-3,12H2,1H3,(H,14,17). The molecule has 0 aromatic carbocycles. The van der Waals surface area contributed by atoms with Crippen LogP contribution in [0.25, 0.3) is 0 Å². The van der Waals surface area contributed by atoms with Crippen LogP contribution in [-0.4, -0.2) is 40.7 Å². The zero-order valence-corrected chi connectivity index (χ0v) is 9.90. The minimum absolute atomic E-state index is 0.227. The number of aromatic nitrogens is 1. The summed E-state index contributed by atoms with van der Waals surface area (Å²) in [6.07, 6.45) is 2.07. The number of anilines is 1. The number of carbonyl (C=O) groups excluding carboxylic acids is 3. The first-order valence-corrected chi connectivity index (χ1v) is 5.54. The fraction of sp³-hybridized carbons (Fsp3) is 0.364. The molecule has 1 unspecified atom stereocenters. The van der Waals surface area contributed by atoms with Gasteiger partial charge in [-0.2, -0.15) is 0 Å². The van der Waals surface area contributed by atoms with Crippen LogP contribution in [0.15, 0.2) is 12.3 Å². The van der Waals surface area contributed by atoms with Crippen LogP contribution in [0, 0.1) is 0 Å². The lowest BCUT2D eigenvalue weighted by Crippen LogP contribution is -2.52.